The average molecular weight is 465 g/mol. The van der Waals surface area contributed by atoms with Crippen LogP contribution in [-0.2, 0) is 0 Å². The molecule has 0 unspecified atom stereocenters. The van der Waals surface area contributed by atoms with Gasteiger partial charge in [0.1, 0.15) is 23.3 Å². The van der Waals surface area contributed by atoms with E-state index < -0.39 is 0 Å². The third-order valence-corrected chi connectivity index (χ3v) is 6.03. The second kappa shape index (κ2) is 9.18. The first-order valence-electron chi connectivity index (χ1n) is 11.1. The summed E-state index contributed by atoms with van der Waals surface area (Å²) >= 11 is 0. The number of aliphatic hydroxyl groups is 1. The molecule has 5 rings (SSSR count). The molecule has 2 saturated heterocycles. The summed E-state index contributed by atoms with van der Waals surface area (Å²) in [4.78, 5) is 36.0. The molecule has 176 valence electrons. The van der Waals surface area contributed by atoms with Crippen LogP contribution in [0.4, 0.5) is 27.7 Å². The fourth-order valence-electron chi connectivity index (χ4n) is 4.13. The minimum Gasteiger partial charge on any atom is -0.389 e. The van der Waals surface area contributed by atoms with Gasteiger partial charge in [-0.15, -0.1) is 0 Å². The Bertz CT molecular complexity index is 1140. The monoisotopic (exact) mass is 464 g/mol. The minimum atomic E-state index is -0.349. The fraction of sp³-hybridized carbons (Fsp3) is 0.348. The van der Waals surface area contributed by atoms with E-state index in [1.165, 1.54) is 24.7 Å². The molecular weight excluding hydrogens is 439 g/mol. The molecule has 2 aliphatic heterocycles. The zero-order chi connectivity index (χ0) is 23.7. The molecule has 34 heavy (non-hydrogen) atoms. The summed E-state index contributed by atoms with van der Waals surface area (Å²) in [5.74, 6) is 1.89. The van der Waals surface area contributed by atoms with Crippen LogP contribution in [0.5, 0.6) is 0 Å². The molecule has 0 spiro atoms. The van der Waals surface area contributed by atoms with Gasteiger partial charge in [-0.25, -0.2) is 24.3 Å². The Balaban J connectivity index is 1.17. The number of carbonyl (C=O) groups excluding carboxylic acids is 1. The molecule has 0 saturated carbocycles. The molecule has 2 fully saturated rings. The Morgan fingerprint density at radius 2 is 1.68 bits per heavy atom. The Morgan fingerprint density at radius 1 is 0.912 bits per heavy atom. The summed E-state index contributed by atoms with van der Waals surface area (Å²) in [6.07, 6.45) is 5.60. The summed E-state index contributed by atoms with van der Waals surface area (Å²) in [6.45, 7) is 5.35. The largest absolute Gasteiger partial charge is 0.389 e. The molecule has 1 atom stereocenters. The highest BCUT2D eigenvalue weighted by atomic mass is 19.1. The van der Waals surface area contributed by atoms with Crippen molar-refractivity contribution in [2.75, 3.05) is 52.7 Å². The highest BCUT2D eigenvalue weighted by molar-refractivity contribution is 6.03. The molecule has 11 heteroatoms. The van der Waals surface area contributed by atoms with E-state index in [1.807, 2.05) is 4.90 Å². The lowest BCUT2D eigenvalue weighted by Crippen LogP contribution is -2.52. The quantitative estimate of drug-likeness (QED) is 0.581. The van der Waals surface area contributed by atoms with Gasteiger partial charge in [-0.3, -0.25) is 4.79 Å². The summed E-state index contributed by atoms with van der Waals surface area (Å²) in [5, 5.41) is 12.1. The van der Waals surface area contributed by atoms with Gasteiger partial charge in [0.25, 0.3) is 5.91 Å². The van der Waals surface area contributed by atoms with Gasteiger partial charge in [-0.2, -0.15) is 0 Å². The van der Waals surface area contributed by atoms with Crippen LogP contribution >= 0.6 is 0 Å². The fourth-order valence-corrected chi connectivity index (χ4v) is 4.13. The first-order valence-corrected chi connectivity index (χ1v) is 11.1. The number of amides is 1. The topological polar surface area (TPSA) is 111 Å². The van der Waals surface area contributed by atoms with Crippen LogP contribution in [0, 0.1) is 5.82 Å². The third kappa shape index (κ3) is 4.60. The molecule has 1 amide bonds. The van der Waals surface area contributed by atoms with Crippen LogP contribution in [0.15, 0.2) is 49.1 Å². The van der Waals surface area contributed by atoms with Crippen molar-refractivity contribution >= 4 is 29.2 Å². The summed E-state index contributed by atoms with van der Waals surface area (Å²) in [7, 11) is 0. The van der Waals surface area contributed by atoms with Crippen molar-refractivity contribution in [1.29, 1.82) is 0 Å². The molecule has 0 aromatic carbocycles. The number of hydrogen-bond acceptors (Lipinski definition) is 9. The number of pyridine rings is 2. The molecule has 5 heterocycles. The van der Waals surface area contributed by atoms with Gasteiger partial charge < -0.3 is 25.1 Å². The first kappa shape index (κ1) is 22.0. The highest BCUT2D eigenvalue weighted by Gasteiger charge is 2.26. The first-order chi connectivity index (χ1) is 16.5. The standard InChI is InChI=1S/C23H25FN8O2/c1-15-12-30(6-7-32(15)21-5-3-17(24)9-27-21)22-11-25-19(10-28-22)29-23(34)16-2-4-20(26-8-16)31-13-18(33)14-31/h2-5,8-11,15,18,33H,6-7,12-14H2,1H3,(H,25,29,34)/t15-/m1/s1. The van der Waals surface area contributed by atoms with Gasteiger partial charge in [0.05, 0.1) is 30.3 Å². The number of nitrogens with zero attached hydrogens (tertiary/aromatic N) is 7. The summed E-state index contributed by atoms with van der Waals surface area (Å²) in [5.41, 5.74) is 0.412. The second-order valence-corrected chi connectivity index (χ2v) is 8.50. The van der Waals surface area contributed by atoms with Crippen molar-refractivity contribution in [1.82, 2.24) is 19.9 Å². The van der Waals surface area contributed by atoms with E-state index in [1.54, 1.807) is 24.4 Å². The molecule has 0 radical (unpaired) electrons. The van der Waals surface area contributed by atoms with Crippen molar-refractivity contribution in [3.63, 3.8) is 0 Å². The Kier molecular flexibility index (Phi) is 5.93. The minimum absolute atomic E-state index is 0.155. The lowest BCUT2D eigenvalue weighted by atomic mass is 10.1. The van der Waals surface area contributed by atoms with Gasteiger partial charge in [-0.1, -0.05) is 0 Å². The van der Waals surface area contributed by atoms with E-state index in [9.17, 15) is 14.3 Å². The van der Waals surface area contributed by atoms with E-state index in [-0.39, 0.29) is 23.9 Å². The van der Waals surface area contributed by atoms with E-state index in [0.717, 1.165) is 30.5 Å². The number of nitrogens with one attached hydrogen (secondary N) is 1. The lowest BCUT2D eigenvalue weighted by Gasteiger charge is -2.41. The SMILES string of the molecule is C[C@@H]1CN(c2cnc(NC(=O)c3ccc(N4CC(O)C4)nc3)cn2)CCN1c1ccc(F)cn1. The Hall–Kier alpha value is -3.86. The number of aromatic nitrogens is 4. The zero-order valence-corrected chi connectivity index (χ0v) is 18.7. The van der Waals surface area contributed by atoms with Crippen molar-refractivity contribution < 1.29 is 14.3 Å². The van der Waals surface area contributed by atoms with Gasteiger partial charge in [0.15, 0.2) is 5.82 Å². The van der Waals surface area contributed by atoms with Crippen LogP contribution in [0.3, 0.4) is 0 Å². The lowest BCUT2D eigenvalue weighted by molar-refractivity contribution is 0.102. The number of β-amino-alcohol motifs (C(OH)–C–C–N with tert-alkyl or cyclic N) is 1. The van der Waals surface area contributed by atoms with Gasteiger partial charge >= 0.3 is 0 Å². The predicted octanol–water partition coefficient (Wildman–Crippen LogP) is 1.55. The molecule has 10 nitrogen and oxygen atoms in total. The van der Waals surface area contributed by atoms with Gasteiger partial charge in [-0.05, 0) is 31.2 Å². The van der Waals surface area contributed by atoms with Crippen molar-refractivity contribution in [2.45, 2.75) is 19.1 Å². The van der Waals surface area contributed by atoms with Crippen molar-refractivity contribution in [3.05, 3.63) is 60.4 Å². The molecular formula is C23H25FN8O2. The van der Waals surface area contributed by atoms with E-state index >= 15 is 0 Å². The number of anilines is 4. The number of halogens is 1. The molecule has 0 aliphatic carbocycles. The maximum Gasteiger partial charge on any atom is 0.258 e. The Labute approximate surface area is 196 Å². The van der Waals surface area contributed by atoms with E-state index in [4.69, 9.17) is 0 Å². The molecule has 2 N–H and O–H groups in total. The maximum atomic E-state index is 13.2. The molecule has 0 bridgehead atoms. The molecule has 3 aromatic heterocycles. The second-order valence-electron chi connectivity index (χ2n) is 8.50. The van der Waals surface area contributed by atoms with Crippen LogP contribution in [0.1, 0.15) is 17.3 Å². The van der Waals surface area contributed by atoms with Crippen molar-refractivity contribution in [3.8, 4) is 0 Å². The van der Waals surface area contributed by atoms with Crippen molar-refractivity contribution in [2.24, 2.45) is 0 Å². The smallest absolute Gasteiger partial charge is 0.258 e. The molecule has 2 aliphatic rings. The van der Waals surface area contributed by atoms with Crippen LogP contribution < -0.4 is 20.0 Å². The number of hydrogen-bond donors (Lipinski definition) is 2. The van der Waals surface area contributed by atoms with E-state index in [2.05, 4.69) is 42.0 Å². The molecule has 3 aromatic rings. The van der Waals surface area contributed by atoms with Gasteiger partial charge in [0.2, 0.25) is 0 Å². The highest BCUT2D eigenvalue weighted by Crippen LogP contribution is 2.22. The number of aliphatic hydroxyl groups excluding tert-OH is 1. The average Bonchev–Trinajstić information content (AvgIpc) is 2.83. The van der Waals surface area contributed by atoms with Crippen LogP contribution in [-0.4, -0.2) is 75.8 Å². The van der Waals surface area contributed by atoms with Crippen LogP contribution in [0.25, 0.3) is 0 Å². The van der Waals surface area contributed by atoms with Gasteiger partial charge in [0, 0.05) is 45.0 Å². The van der Waals surface area contributed by atoms with Crippen LogP contribution in [0.2, 0.25) is 0 Å². The summed E-state index contributed by atoms with van der Waals surface area (Å²) in [6, 6.07) is 6.72. The normalized spacial score (nSPS) is 18.6. The number of rotatable bonds is 5. The third-order valence-electron chi connectivity index (χ3n) is 6.03. The van der Waals surface area contributed by atoms with E-state index in [0.29, 0.717) is 31.0 Å². The number of carbonyl (C=O) groups is 1. The summed E-state index contributed by atoms with van der Waals surface area (Å²) < 4.78 is 13.2. The predicted molar refractivity (Wildman–Crippen MR) is 126 cm³/mol. The number of piperazine rings is 1. The maximum absolute atomic E-state index is 13.2. The zero-order valence-electron chi connectivity index (χ0n) is 18.7. The Morgan fingerprint density at radius 3 is 2.29 bits per heavy atom.